The van der Waals surface area contributed by atoms with E-state index in [2.05, 4.69) is 32.8 Å². The van der Waals surface area contributed by atoms with E-state index in [1.54, 1.807) is 7.11 Å². The van der Waals surface area contributed by atoms with Gasteiger partial charge in [0, 0.05) is 24.6 Å². The third-order valence-electron chi connectivity index (χ3n) is 2.64. The Balaban J connectivity index is 2.08. The molecule has 96 valence electrons. The number of hydrogen-bond acceptors (Lipinski definition) is 4. The van der Waals surface area contributed by atoms with Crippen molar-refractivity contribution >= 4 is 15.9 Å². The quantitative estimate of drug-likeness (QED) is 0.795. The van der Waals surface area contributed by atoms with Crippen LogP contribution in [0.1, 0.15) is 29.0 Å². The van der Waals surface area contributed by atoms with Crippen LogP contribution in [0.4, 0.5) is 0 Å². The van der Waals surface area contributed by atoms with Crippen LogP contribution in [0.15, 0.2) is 28.9 Å². The Morgan fingerprint density at radius 2 is 2.22 bits per heavy atom. The molecule has 18 heavy (non-hydrogen) atoms. The fourth-order valence-corrected chi connectivity index (χ4v) is 2.22. The lowest BCUT2D eigenvalue weighted by Crippen LogP contribution is -1.98. The summed E-state index contributed by atoms with van der Waals surface area (Å²) in [7, 11) is 1.60. The molecule has 1 unspecified atom stereocenters. The Bertz CT molecular complexity index is 513. The molecule has 2 rings (SSSR count). The maximum absolute atomic E-state index is 5.70. The van der Waals surface area contributed by atoms with Crippen molar-refractivity contribution in [2.45, 2.75) is 24.6 Å². The molecular formula is C13H15BrN2O2. The highest BCUT2D eigenvalue weighted by Crippen LogP contribution is 2.28. The lowest BCUT2D eigenvalue weighted by Gasteiger charge is -2.07. The minimum absolute atomic E-state index is 0.109. The van der Waals surface area contributed by atoms with E-state index in [4.69, 9.17) is 9.15 Å². The number of aryl methyl sites for hydroxylation is 1. The summed E-state index contributed by atoms with van der Waals surface area (Å²) < 4.78 is 10.8. The van der Waals surface area contributed by atoms with E-state index in [0.29, 0.717) is 5.88 Å². The highest BCUT2D eigenvalue weighted by molar-refractivity contribution is 9.09. The number of hydrogen-bond donors (Lipinski definition) is 0. The van der Waals surface area contributed by atoms with Crippen molar-refractivity contribution in [3.63, 3.8) is 0 Å². The van der Waals surface area contributed by atoms with Gasteiger partial charge in [0.2, 0.25) is 5.88 Å². The van der Waals surface area contributed by atoms with Gasteiger partial charge in [-0.2, -0.15) is 0 Å². The van der Waals surface area contributed by atoms with Gasteiger partial charge in [-0.25, -0.2) is 9.97 Å². The van der Waals surface area contributed by atoms with Gasteiger partial charge >= 0.3 is 0 Å². The minimum atomic E-state index is 0.109. The van der Waals surface area contributed by atoms with Crippen molar-refractivity contribution in [3.8, 4) is 5.88 Å². The fraction of sp³-hybridized carbons (Fsp3) is 0.385. The first kappa shape index (κ1) is 13.1. The number of rotatable bonds is 5. The van der Waals surface area contributed by atoms with Gasteiger partial charge in [-0.15, -0.1) is 0 Å². The van der Waals surface area contributed by atoms with E-state index in [0.717, 1.165) is 30.1 Å². The molecule has 0 saturated carbocycles. The van der Waals surface area contributed by atoms with Crippen LogP contribution in [-0.4, -0.2) is 17.1 Å². The number of methoxy groups -OCH3 is 1. The Morgan fingerprint density at radius 1 is 1.39 bits per heavy atom. The molecular weight excluding hydrogens is 296 g/mol. The monoisotopic (exact) mass is 310 g/mol. The van der Waals surface area contributed by atoms with Crippen LogP contribution in [0.25, 0.3) is 0 Å². The zero-order chi connectivity index (χ0) is 13.0. The van der Waals surface area contributed by atoms with Crippen molar-refractivity contribution in [2.24, 2.45) is 0 Å². The summed E-state index contributed by atoms with van der Waals surface area (Å²) in [6, 6.07) is 5.83. The summed E-state index contributed by atoms with van der Waals surface area (Å²) in [5, 5.41) is 0. The fourth-order valence-electron chi connectivity index (χ4n) is 1.64. The normalized spacial score (nSPS) is 12.4. The standard InChI is InChI=1S/C13H15BrN2O2/c1-3-10-4-5-12(18-10)11(14)6-9-7-13(17-2)16-8-15-9/h4-5,7-8,11H,3,6H2,1-2H3. The van der Waals surface area contributed by atoms with E-state index in [9.17, 15) is 0 Å². The van der Waals surface area contributed by atoms with Crippen molar-refractivity contribution in [3.05, 3.63) is 41.7 Å². The predicted molar refractivity (Wildman–Crippen MR) is 72.0 cm³/mol. The number of alkyl halides is 1. The molecule has 0 aliphatic rings. The second kappa shape index (κ2) is 6.00. The topological polar surface area (TPSA) is 48.2 Å². The molecule has 0 fully saturated rings. The zero-order valence-corrected chi connectivity index (χ0v) is 12.0. The van der Waals surface area contributed by atoms with Gasteiger partial charge in [0.05, 0.1) is 11.9 Å². The van der Waals surface area contributed by atoms with Crippen LogP contribution >= 0.6 is 15.9 Å². The Hall–Kier alpha value is -1.36. The van der Waals surface area contributed by atoms with Crippen LogP contribution in [0.3, 0.4) is 0 Å². The summed E-state index contributed by atoms with van der Waals surface area (Å²) in [4.78, 5) is 8.31. The molecule has 0 bridgehead atoms. The molecule has 2 heterocycles. The molecule has 0 amide bonds. The highest BCUT2D eigenvalue weighted by atomic mass is 79.9. The van der Waals surface area contributed by atoms with Crippen molar-refractivity contribution in [1.29, 1.82) is 0 Å². The summed E-state index contributed by atoms with van der Waals surface area (Å²) in [5.74, 6) is 2.49. The Kier molecular flexibility index (Phi) is 4.36. The maximum atomic E-state index is 5.70. The van der Waals surface area contributed by atoms with E-state index < -0.39 is 0 Å². The van der Waals surface area contributed by atoms with Crippen LogP contribution in [-0.2, 0) is 12.8 Å². The van der Waals surface area contributed by atoms with Gasteiger partial charge in [0.1, 0.15) is 17.8 Å². The van der Waals surface area contributed by atoms with Gasteiger partial charge < -0.3 is 9.15 Å². The first-order chi connectivity index (χ1) is 8.72. The predicted octanol–water partition coefficient (Wildman–Crippen LogP) is 3.32. The molecule has 0 saturated heterocycles. The van der Waals surface area contributed by atoms with Crippen LogP contribution in [0, 0.1) is 0 Å². The van der Waals surface area contributed by atoms with Gasteiger partial charge in [-0.1, -0.05) is 22.9 Å². The number of halogens is 1. The number of aromatic nitrogens is 2. The van der Waals surface area contributed by atoms with Gasteiger partial charge in [-0.3, -0.25) is 0 Å². The minimum Gasteiger partial charge on any atom is -0.481 e. The highest BCUT2D eigenvalue weighted by Gasteiger charge is 2.14. The molecule has 1 atom stereocenters. The summed E-state index contributed by atoms with van der Waals surface area (Å²) in [6.45, 7) is 2.07. The average molecular weight is 311 g/mol. The van der Waals surface area contributed by atoms with E-state index in [1.165, 1.54) is 6.33 Å². The zero-order valence-electron chi connectivity index (χ0n) is 10.4. The van der Waals surface area contributed by atoms with Crippen molar-refractivity contribution in [1.82, 2.24) is 9.97 Å². The molecule has 0 aliphatic heterocycles. The third-order valence-corrected chi connectivity index (χ3v) is 3.41. The molecule has 0 N–H and O–H groups in total. The summed E-state index contributed by atoms with van der Waals surface area (Å²) in [6.07, 6.45) is 3.14. The third kappa shape index (κ3) is 3.10. The molecule has 4 nitrogen and oxygen atoms in total. The Morgan fingerprint density at radius 3 is 2.89 bits per heavy atom. The molecule has 0 spiro atoms. The molecule has 2 aromatic rings. The molecule has 2 aromatic heterocycles. The van der Waals surface area contributed by atoms with Gasteiger partial charge in [-0.05, 0) is 12.1 Å². The van der Waals surface area contributed by atoms with E-state index >= 15 is 0 Å². The summed E-state index contributed by atoms with van der Waals surface area (Å²) in [5.41, 5.74) is 0.915. The van der Waals surface area contributed by atoms with Crippen molar-refractivity contribution in [2.75, 3.05) is 7.11 Å². The van der Waals surface area contributed by atoms with Gasteiger partial charge in [0.25, 0.3) is 0 Å². The average Bonchev–Trinajstić information content (AvgIpc) is 2.88. The van der Waals surface area contributed by atoms with Gasteiger partial charge in [0.15, 0.2) is 0 Å². The first-order valence-corrected chi connectivity index (χ1v) is 6.72. The molecule has 0 radical (unpaired) electrons. The number of furan rings is 1. The van der Waals surface area contributed by atoms with E-state index in [1.807, 2.05) is 18.2 Å². The SMILES string of the molecule is CCc1ccc(C(Br)Cc2cc(OC)ncn2)o1. The first-order valence-electron chi connectivity index (χ1n) is 5.80. The molecule has 0 aromatic carbocycles. The molecule has 5 heteroatoms. The lowest BCUT2D eigenvalue weighted by molar-refractivity contribution is 0.395. The van der Waals surface area contributed by atoms with Crippen LogP contribution in [0.2, 0.25) is 0 Å². The van der Waals surface area contributed by atoms with E-state index in [-0.39, 0.29) is 4.83 Å². The number of ether oxygens (including phenoxy) is 1. The second-order valence-corrected chi connectivity index (χ2v) is 4.99. The van der Waals surface area contributed by atoms with Crippen molar-refractivity contribution < 1.29 is 9.15 Å². The smallest absolute Gasteiger partial charge is 0.216 e. The second-order valence-electron chi connectivity index (χ2n) is 3.88. The maximum Gasteiger partial charge on any atom is 0.216 e. The molecule has 0 aliphatic carbocycles. The van der Waals surface area contributed by atoms with Crippen LogP contribution < -0.4 is 4.74 Å². The number of nitrogens with zero attached hydrogens (tertiary/aromatic N) is 2. The lowest BCUT2D eigenvalue weighted by atomic mass is 10.2. The Labute approximate surface area is 115 Å². The largest absolute Gasteiger partial charge is 0.481 e. The van der Waals surface area contributed by atoms with Crippen LogP contribution in [0.5, 0.6) is 5.88 Å². The summed E-state index contributed by atoms with van der Waals surface area (Å²) >= 11 is 3.62.